The summed E-state index contributed by atoms with van der Waals surface area (Å²) in [7, 11) is -0.843. The number of H-pyrrole nitrogens is 1. The Balaban J connectivity index is 1.66. The normalized spacial score (nSPS) is 16.8. The number of esters is 1. The van der Waals surface area contributed by atoms with Gasteiger partial charge in [0.1, 0.15) is 22.2 Å². The topological polar surface area (TPSA) is 96.3 Å². The largest absolute Gasteiger partial charge is 0.493 e. The summed E-state index contributed by atoms with van der Waals surface area (Å²) in [5.41, 5.74) is 1.19. The third-order valence-corrected chi connectivity index (χ3v) is 8.85. The molecule has 0 amide bonds. The van der Waals surface area contributed by atoms with E-state index in [2.05, 4.69) is 4.98 Å². The molecule has 3 aromatic rings. The van der Waals surface area contributed by atoms with E-state index in [1.54, 1.807) is 48.8 Å². The van der Waals surface area contributed by atoms with Crippen LogP contribution in [0.3, 0.4) is 0 Å². The molecule has 196 valence electrons. The van der Waals surface area contributed by atoms with Crippen LogP contribution in [0.2, 0.25) is 10.0 Å². The Labute approximate surface area is 226 Å². The monoisotopic (exact) mass is 565 g/mol. The van der Waals surface area contributed by atoms with Crippen LogP contribution in [0.1, 0.15) is 30.1 Å². The first-order valence-corrected chi connectivity index (χ1v) is 13.8. The number of halogens is 2. The number of nitrogens with zero attached hydrogens (tertiary/aromatic N) is 1. The highest BCUT2D eigenvalue weighted by molar-refractivity contribution is 7.89. The molecular weight excluding hydrogens is 539 g/mol. The maximum atomic E-state index is 13.5. The average molecular weight is 566 g/mol. The van der Waals surface area contributed by atoms with Gasteiger partial charge >= 0.3 is 5.97 Å². The Hall–Kier alpha value is -2.85. The van der Waals surface area contributed by atoms with Crippen molar-refractivity contribution in [2.45, 2.75) is 36.3 Å². The molecule has 0 unspecified atom stereocenters. The van der Waals surface area contributed by atoms with Gasteiger partial charge in [0, 0.05) is 18.5 Å². The number of aromatic amines is 1. The Morgan fingerprint density at radius 1 is 1.05 bits per heavy atom. The zero-order valence-corrected chi connectivity index (χ0v) is 22.6. The summed E-state index contributed by atoms with van der Waals surface area (Å²) in [6, 6.07) is 12.3. The van der Waals surface area contributed by atoms with Gasteiger partial charge in [0.2, 0.25) is 10.0 Å². The lowest BCUT2D eigenvalue weighted by Gasteiger charge is -2.26. The first-order chi connectivity index (χ1) is 17.8. The summed E-state index contributed by atoms with van der Waals surface area (Å²) in [5.74, 6) is 0.318. The number of nitrogens with one attached hydrogen (secondary N) is 1. The molecule has 4 rings (SSSR count). The average Bonchev–Trinajstić information content (AvgIpc) is 3.41. The van der Waals surface area contributed by atoms with Crippen LogP contribution in [0.15, 0.2) is 65.8 Å². The van der Waals surface area contributed by atoms with E-state index in [9.17, 15) is 13.2 Å². The number of aromatic nitrogens is 1. The van der Waals surface area contributed by atoms with Gasteiger partial charge < -0.3 is 14.2 Å². The van der Waals surface area contributed by atoms with Gasteiger partial charge in [-0.3, -0.25) is 4.79 Å². The van der Waals surface area contributed by atoms with Crippen molar-refractivity contribution in [3.8, 4) is 11.5 Å². The van der Waals surface area contributed by atoms with Crippen molar-refractivity contribution in [3.63, 3.8) is 0 Å². The molecule has 1 saturated heterocycles. The van der Waals surface area contributed by atoms with E-state index in [0.29, 0.717) is 45.5 Å². The third-order valence-electron chi connectivity index (χ3n) is 6.25. The van der Waals surface area contributed by atoms with E-state index in [1.165, 1.54) is 30.7 Å². The summed E-state index contributed by atoms with van der Waals surface area (Å²) in [5, 5.41) is 0.756. The Morgan fingerprint density at radius 2 is 1.73 bits per heavy atom. The van der Waals surface area contributed by atoms with Gasteiger partial charge in [0.05, 0.1) is 19.1 Å². The number of hydrogen-bond donors (Lipinski definition) is 0. The van der Waals surface area contributed by atoms with Gasteiger partial charge in [-0.05, 0) is 42.7 Å². The molecule has 11 heteroatoms. The molecule has 1 aliphatic heterocycles. The zero-order chi connectivity index (χ0) is 26.6. The molecular formula is C26H27Cl2N2O6S+. The highest BCUT2D eigenvalue weighted by atomic mass is 35.5. The molecule has 1 N–H and O–H groups in total. The smallest absolute Gasteiger partial charge is 0.325 e. The summed E-state index contributed by atoms with van der Waals surface area (Å²) >= 11 is 12.8. The number of sulfonamides is 1. The van der Waals surface area contributed by atoms with Crippen molar-refractivity contribution in [2.75, 3.05) is 20.8 Å². The van der Waals surface area contributed by atoms with Crippen molar-refractivity contribution < 1.29 is 32.4 Å². The van der Waals surface area contributed by atoms with Gasteiger partial charge in [0.25, 0.3) is 0 Å². The molecule has 2 heterocycles. The van der Waals surface area contributed by atoms with E-state index < -0.39 is 28.1 Å². The van der Waals surface area contributed by atoms with Crippen molar-refractivity contribution in [1.82, 2.24) is 4.31 Å². The fourth-order valence-electron chi connectivity index (χ4n) is 4.35. The predicted octanol–water partition coefficient (Wildman–Crippen LogP) is 4.51. The van der Waals surface area contributed by atoms with Gasteiger partial charge in [-0.1, -0.05) is 47.5 Å². The maximum Gasteiger partial charge on any atom is 0.325 e. The number of hydrogen-bond acceptors (Lipinski definition) is 6. The molecule has 0 bridgehead atoms. The lowest BCUT2D eigenvalue weighted by Crippen LogP contribution is -2.41. The Morgan fingerprint density at radius 3 is 2.38 bits per heavy atom. The number of benzene rings is 2. The lowest BCUT2D eigenvalue weighted by molar-refractivity contribution is -0.377. The standard InChI is InChI=1S/C26H26Cl2N2O6S/c1-34-23-11-10-17(13-25(23)35-2)24(14-19-20(27)15-29-16-21(19)28)36-26(31)22-9-6-12-30(22)37(32,33)18-7-4-3-5-8-18/h3-5,7-8,10-11,13,15-16,22,24H,6,9,12,14H2,1-2H3/p+1/t22-,24-/m0/s1. The number of rotatable bonds is 9. The lowest BCUT2D eigenvalue weighted by atomic mass is 10.0. The fraction of sp³-hybridized carbons (Fsp3) is 0.308. The van der Waals surface area contributed by atoms with Crippen LogP contribution in [0.5, 0.6) is 11.5 Å². The summed E-state index contributed by atoms with van der Waals surface area (Å²) in [6.45, 7) is 0.226. The van der Waals surface area contributed by atoms with Crippen molar-refractivity contribution in [3.05, 3.63) is 82.1 Å². The quantitative estimate of drug-likeness (QED) is 0.354. The first kappa shape index (κ1) is 27.2. The molecule has 8 nitrogen and oxygen atoms in total. The van der Waals surface area contributed by atoms with Crippen molar-refractivity contribution >= 4 is 39.2 Å². The van der Waals surface area contributed by atoms with Crippen LogP contribution >= 0.6 is 23.2 Å². The van der Waals surface area contributed by atoms with Crippen LogP contribution in [0.4, 0.5) is 0 Å². The molecule has 0 spiro atoms. The minimum atomic E-state index is -3.88. The van der Waals surface area contributed by atoms with Gasteiger partial charge in [-0.25, -0.2) is 13.4 Å². The molecule has 1 fully saturated rings. The van der Waals surface area contributed by atoms with Crippen molar-refractivity contribution in [1.29, 1.82) is 0 Å². The number of ether oxygens (including phenoxy) is 3. The molecule has 1 aliphatic rings. The van der Waals surface area contributed by atoms with Gasteiger partial charge in [-0.2, -0.15) is 4.31 Å². The van der Waals surface area contributed by atoms with Gasteiger partial charge in [-0.15, -0.1) is 0 Å². The van der Waals surface area contributed by atoms with Crippen LogP contribution in [0, 0.1) is 0 Å². The summed E-state index contributed by atoms with van der Waals surface area (Å²) in [6.07, 6.45) is 3.39. The fourth-order valence-corrected chi connectivity index (χ4v) is 6.55. The van der Waals surface area contributed by atoms with Crippen LogP contribution in [-0.2, 0) is 26.0 Å². The second-order valence-corrected chi connectivity index (χ2v) is 11.2. The first-order valence-electron chi connectivity index (χ1n) is 11.6. The third kappa shape index (κ3) is 5.85. The van der Waals surface area contributed by atoms with E-state index in [0.717, 1.165) is 0 Å². The van der Waals surface area contributed by atoms with Crippen molar-refractivity contribution in [2.24, 2.45) is 0 Å². The van der Waals surface area contributed by atoms with E-state index in [4.69, 9.17) is 37.4 Å². The Kier molecular flexibility index (Phi) is 8.59. The second kappa shape index (κ2) is 11.7. The summed E-state index contributed by atoms with van der Waals surface area (Å²) < 4.78 is 44.6. The number of methoxy groups -OCH3 is 2. The van der Waals surface area contributed by atoms with Crippen LogP contribution in [0.25, 0.3) is 0 Å². The maximum absolute atomic E-state index is 13.5. The second-order valence-electron chi connectivity index (χ2n) is 8.46. The molecule has 37 heavy (non-hydrogen) atoms. The minimum absolute atomic E-state index is 0.130. The Bertz CT molecular complexity index is 1350. The molecule has 2 aromatic carbocycles. The van der Waals surface area contributed by atoms with Crippen LogP contribution < -0.4 is 14.5 Å². The number of pyridine rings is 1. The minimum Gasteiger partial charge on any atom is -0.493 e. The molecule has 0 aliphatic carbocycles. The zero-order valence-electron chi connectivity index (χ0n) is 20.3. The van der Waals surface area contributed by atoms with E-state index in [1.807, 2.05) is 0 Å². The number of carbonyl (C=O) groups excluding carboxylic acids is 1. The SMILES string of the molecule is COc1ccc([C@H](Cc2c(Cl)c[nH+]cc2Cl)OC(=O)[C@@H]2CCCN2S(=O)(=O)c2ccccc2)cc1OC. The predicted molar refractivity (Wildman–Crippen MR) is 138 cm³/mol. The van der Waals surface area contributed by atoms with E-state index in [-0.39, 0.29) is 17.9 Å². The van der Waals surface area contributed by atoms with Gasteiger partial charge in [0.15, 0.2) is 23.9 Å². The number of carbonyl (C=O) groups is 1. The molecule has 2 atom stereocenters. The van der Waals surface area contributed by atoms with E-state index >= 15 is 0 Å². The highest BCUT2D eigenvalue weighted by Gasteiger charge is 2.41. The molecule has 1 aromatic heterocycles. The highest BCUT2D eigenvalue weighted by Crippen LogP contribution is 2.36. The molecule has 0 saturated carbocycles. The molecule has 0 radical (unpaired) electrons. The summed E-state index contributed by atoms with van der Waals surface area (Å²) in [4.78, 5) is 16.5. The van der Waals surface area contributed by atoms with Crippen LogP contribution in [-0.4, -0.2) is 45.5 Å².